The molecule has 0 radical (unpaired) electrons. The summed E-state index contributed by atoms with van der Waals surface area (Å²) in [4.78, 5) is 23.0. The van der Waals surface area contributed by atoms with Crippen LogP contribution in [0.15, 0.2) is 48.8 Å². The molecule has 2 aromatic heterocycles. The summed E-state index contributed by atoms with van der Waals surface area (Å²) < 4.78 is 5.22. The van der Waals surface area contributed by atoms with Crippen molar-refractivity contribution < 1.29 is 9.53 Å². The van der Waals surface area contributed by atoms with Crippen LogP contribution in [0.4, 0.5) is 5.00 Å². The Hall–Kier alpha value is -2.70. The molecule has 0 N–H and O–H groups in total. The van der Waals surface area contributed by atoms with Gasteiger partial charge in [0.05, 0.1) is 13.8 Å². The minimum atomic E-state index is 0.0149. The Bertz CT molecular complexity index is 983. The number of aromatic nitrogens is 1. The van der Waals surface area contributed by atoms with E-state index in [1.165, 1.54) is 16.0 Å². The summed E-state index contributed by atoms with van der Waals surface area (Å²) in [6, 6.07) is 11.3. The van der Waals surface area contributed by atoms with E-state index >= 15 is 0 Å². The van der Waals surface area contributed by atoms with E-state index in [2.05, 4.69) is 29.8 Å². The minimum absolute atomic E-state index is 0.0149. The van der Waals surface area contributed by atoms with Gasteiger partial charge in [-0.3, -0.25) is 19.6 Å². The molecule has 28 heavy (non-hydrogen) atoms. The monoisotopic (exact) mass is 393 g/mol. The highest BCUT2D eigenvalue weighted by Gasteiger charge is 2.31. The van der Waals surface area contributed by atoms with Crippen LogP contribution in [0.2, 0.25) is 0 Å². The van der Waals surface area contributed by atoms with Crippen LogP contribution in [0.5, 0.6) is 5.75 Å². The number of methoxy groups -OCH3 is 1. The molecule has 0 bridgehead atoms. The number of aryl methyl sites for hydroxylation is 1. The number of carbonyl (C=O) groups excluding carboxylic acids is 1. The Balaban J connectivity index is 1.66. The highest BCUT2D eigenvalue weighted by Crippen LogP contribution is 2.40. The van der Waals surface area contributed by atoms with Gasteiger partial charge >= 0.3 is 0 Å². The standard InChI is InChI=1S/C22H23N3O2S/c1-15-16(2)28-22-20(15)13-24(12-17-5-4-10-23-11-17)14-25(22)21(26)18-6-8-19(27-3)9-7-18/h4-11H,12-14H2,1-3H3. The number of thiophene rings is 1. The van der Waals surface area contributed by atoms with Crippen molar-refractivity contribution in [1.29, 1.82) is 0 Å². The highest BCUT2D eigenvalue weighted by molar-refractivity contribution is 7.16. The van der Waals surface area contributed by atoms with E-state index < -0.39 is 0 Å². The third-order valence-corrected chi connectivity index (χ3v) is 6.44. The van der Waals surface area contributed by atoms with Gasteiger partial charge in [-0.1, -0.05) is 6.07 Å². The lowest BCUT2D eigenvalue weighted by molar-refractivity contribution is 0.0957. The SMILES string of the molecule is COc1ccc(C(=O)N2CN(Cc3cccnc3)Cc3c2sc(C)c3C)cc1. The molecule has 0 atom stereocenters. The van der Waals surface area contributed by atoms with Crippen molar-refractivity contribution in [2.45, 2.75) is 26.9 Å². The van der Waals surface area contributed by atoms with Crippen LogP contribution in [-0.2, 0) is 13.1 Å². The lowest BCUT2D eigenvalue weighted by atomic mass is 10.1. The quantitative estimate of drug-likeness (QED) is 0.660. The fraction of sp³-hybridized carbons (Fsp3) is 0.273. The molecule has 0 fully saturated rings. The van der Waals surface area contributed by atoms with E-state index in [4.69, 9.17) is 4.74 Å². The molecule has 3 heterocycles. The average molecular weight is 394 g/mol. The maximum absolute atomic E-state index is 13.3. The zero-order chi connectivity index (χ0) is 19.7. The van der Waals surface area contributed by atoms with Crippen molar-refractivity contribution in [3.63, 3.8) is 0 Å². The van der Waals surface area contributed by atoms with Gasteiger partial charge in [0.15, 0.2) is 0 Å². The third-order valence-electron chi connectivity index (χ3n) is 5.17. The summed E-state index contributed by atoms with van der Waals surface area (Å²) in [5, 5.41) is 1.07. The molecule has 1 aliphatic heterocycles. The number of anilines is 1. The lowest BCUT2D eigenvalue weighted by Crippen LogP contribution is -2.44. The van der Waals surface area contributed by atoms with Gasteiger partial charge in [0.2, 0.25) is 0 Å². The van der Waals surface area contributed by atoms with E-state index in [9.17, 15) is 4.79 Å². The van der Waals surface area contributed by atoms with E-state index in [-0.39, 0.29) is 5.91 Å². The van der Waals surface area contributed by atoms with Gasteiger partial charge in [0.25, 0.3) is 5.91 Å². The summed E-state index contributed by atoms with van der Waals surface area (Å²) in [6.07, 6.45) is 3.67. The number of hydrogen-bond donors (Lipinski definition) is 0. The highest BCUT2D eigenvalue weighted by atomic mass is 32.1. The number of benzene rings is 1. The Morgan fingerprint density at radius 1 is 1.21 bits per heavy atom. The summed E-state index contributed by atoms with van der Waals surface area (Å²) in [5.74, 6) is 0.762. The van der Waals surface area contributed by atoms with Gasteiger partial charge in [0.1, 0.15) is 10.8 Å². The van der Waals surface area contributed by atoms with E-state index in [0.29, 0.717) is 12.2 Å². The minimum Gasteiger partial charge on any atom is -0.497 e. The first-order valence-electron chi connectivity index (χ1n) is 9.23. The second kappa shape index (κ2) is 7.73. The van der Waals surface area contributed by atoms with Gasteiger partial charge < -0.3 is 4.74 Å². The van der Waals surface area contributed by atoms with Crippen molar-refractivity contribution in [3.05, 3.63) is 75.9 Å². The largest absolute Gasteiger partial charge is 0.497 e. The van der Waals surface area contributed by atoms with Crippen molar-refractivity contribution in [2.75, 3.05) is 18.7 Å². The van der Waals surface area contributed by atoms with Crippen LogP contribution in [-0.4, -0.2) is 29.6 Å². The molecule has 3 aromatic rings. The molecule has 0 spiro atoms. The van der Waals surface area contributed by atoms with Crippen LogP contribution in [0.3, 0.4) is 0 Å². The fourth-order valence-corrected chi connectivity index (χ4v) is 4.66. The molecule has 5 nitrogen and oxygen atoms in total. The van der Waals surface area contributed by atoms with E-state index in [1.807, 2.05) is 41.4 Å². The Kier molecular flexibility index (Phi) is 5.15. The normalized spacial score (nSPS) is 14.0. The fourth-order valence-electron chi connectivity index (χ4n) is 3.50. The first kappa shape index (κ1) is 18.7. The predicted molar refractivity (Wildman–Crippen MR) is 112 cm³/mol. The van der Waals surface area contributed by atoms with Gasteiger partial charge in [0, 0.05) is 41.5 Å². The number of fused-ring (bicyclic) bond motifs is 1. The summed E-state index contributed by atoms with van der Waals surface area (Å²) >= 11 is 1.71. The van der Waals surface area contributed by atoms with Crippen LogP contribution in [0.1, 0.15) is 31.9 Å². The van der Waals surface area contributed by atoms with Crippen molar-refractivity contribution in [3.8, 4) is 5.75 Å². The van der Waals surface area contributed by atoms with Crippen LogP contribution in [0, 0.1) is 13.8 Å². The first-order valence-corrected chi connectivity index (χ1v) is 10.0. The molecule has 1 aliphatic rings. The third kappa shape index (κ3) is 3.53. The van der Waals surface area contributed by atoms with Gasteiger partial charge in [-0.25, -0.2) is 0 Å². The number of nitrogens with zero attached hydrogens (tertiary/aromatic N) is 3. The number of rotatable bonds is 4. The summed E-state index contributed by atoms with van der Waals surface area (Å²) in [6.45, 7) is 6.43. The Morgan fingerprint density at radius 2 is 2.00 bits per heavy atom. The predicted octanol–water partition coefficient (Wildman–Crippen LogP) is 4.39. The number of hydrogen-bond acceptors (Lipinski definition) is 5. The molecule has 0 unspecified atom stereocenters. The Morgan fingerprint density at radius 3 is 2.68 bits per heavy atom. The number of ether oxygens (including phenoxy) is 1. The molecular formula is C22H23N3O2S. The molecule has 0 aliphatic carbocycles. The Labute approximate surface area is 169 Å². The number of pyridine rings is 1. The number of amides is 1. The average Bonchev–Trinajstić information content (AvgIpc) is 3.02. The molecule has 6 heteroatoms. The zero-order valence-corrected chi connectivity index (χ0v) is 17.1. The summed E-state index contributed by atoms with van der Waals surface area (Å²) in [5.41, 5.74) is 4.34. The van der Waals surface area contributed by atoms with Gasteiger partial charge in [-0.05, 0) is 55.3 Å². The van der Waals surface area contributed by atoms with Crippen LogP contribution in [0.25, 0.3) is 0 Å². The van der Waals surface area contributed by atoms with E-state index in [1.54, 1.807) is 24.6 Å². The molecule has 1 amide bonds. The maximum Gasteiger partial charge on any atom is 0.260 e. The lowest BCUT2D eigenvalue weighted by Gasteiger charge is -2.35. The first-order chi connectivity index (χ1) is 13.6. The second-order valence-electron chi connectivity index (χ2n) is 7.02. The van der Waals surface area contributed by atoms with Gasteiger partial charge in [-0.15, -0.1) is 11.3 Å². The maximum atomic E-state index is 13.3. The topological polar surface area (TPSA) is 45.7 Å². The van der Waals surface area contributed by atoms with Crippen LogP contribution >= 0.6 is 11.3 Å². The van der Waals surface area contributed by atoms with Crippen LogP contribution < -0.4 is 9.64 Å². The zero-order valence-electron chi connectivity index (χ0n) is 16.3. The van der Waals surface area contributed by atoms with Gasteiger partial charge in [-0.2, -0.15) is 0 Å². The molecule has 0 saturated carbocycles. The van der Waals surface area contributed by atoms with Crippen molar-refractivity contribution in [1.82, 2.24) is 9.88 Å². The number of carbonyl (C=O) groups is 1. The van der Waals surface area contributed by atoms with Crippen molar-refractivity contribution >= 4 is 22.2 Å². The molecule has 0 saturated heterocycles. The smallest absolute Gasteiger partial charge is 0.260 e. The molecule has 4 rings (SSSR count). The molecule has 1 aromatic carbocycles. The summed E-state index contributed by atoms with van der Waals surface area (Å²) in [7, 11) is 1.63. The molecular weight excluding hydrogens is 370 g/mol. The molecule has 144 valence electrons. The van der Waals surface area contributed by atoms with E-state index in [0.717, 1.165) is 29.4 Å². The second-order valence-corrected chi connectivity index (χ2v) is 8.22. The van der Waals surface area contributed by atoms with Crippen molar-refractivity contribution in [2.24, 2.45) is 0 Å².